The van der Waals surface area contributed by atoms with Crippen molar-refractivity contribution in [2.24, 2.45) is 5.10 Å². The Labute approximate surface area is 199 Å². The molecule has 1 aliphatic rings. The Balaban J connectivity index is 1.75. The summed E-state index contributed by atoms with van der Waals surface area (Å²) in [7, 11) is 1.60. The van der Waals surface area contributed by atoms with E-state index in [2.05, 4.69) is 49.2 Å². The second-order valence-electron chi connectivity index (χ2n) is 8.55. The Morgan fingerprint density at radius 3 is 2.68 bits per heavy atom. The normalized spacial score (nSPS) is 14.4. The van der Waals surface area contributed by atoms with Crippen LogP contribution < -0.4 is 19.8 Å². The van der Waals surface area contributed by atoms with Crippen molar-refractivity contribution < 1.29 is 19.2 Å². The molecule has 0 fully saturated rings. The Bertz CT molecular complexity index is 1140. The molecule has 9 nitrogen and oxygen atoms in total. The molecule has 1 heterocycles. The van der Waals surface area contributed by atoms with E-state index in [4.69, 9.17) is 9.47 Å². The number of nitrogens with one attached hydrogen (secondary N) is 1. The van der Waals surface area contributed by atoms with Gasteiger partial charge in [-0.1, -0.05) is 25.1 Å². The van der Waals surface area contributed by atoms with Gasteiger partial charge in [-0.3, -0.25) is 14.9 Å². The Hall–Kier alpha value is -3.88. The summed E-state index contributed by atoms with van der Waals surface area (Å²) in [6.45, 7) is 9.13. The highest BCUT2D eigenvalue weighted by molar-refractivity contribution is 5.91. The number of hydrogen-bond acceptors (Lipinski definition) is 7. The van der Waals surface area contributed by atoms with E-state index < -0.39 is 17.4 Å². The predicted octanol–water partition coefficient (Wildman–Crippen LogP) is 4.54. The van der Waals surface area contributed by atoms with Gasteiger partial charge < -0.3 is 14.4 Å². The molecule has 0 saturated carbocycles. The highest BCUT2D eigenvalue weighted by atomic mass is 16.6. The third-order valence-corrected chi connectivity index (χ3v) is 5.59. The minimum Gasteiger partial charge on any atom is -0.496 e. The van der Waals surface area contributed by atoms with Crippen molar-refractivity contribution in [3.8, 4) is 11.5 Å². The maximum Gasteiger partial charge on any atom is 0.310 e. The number of methoxy groups -OCH3 is 1. The van der Waals surface area contributed by atoms with Crippen LogP contribution in [0, 0.1) is 10.1 Å². The fraction of sp³-hybridized carbons (Fsp3) is 0.360. The van der Waals surface area contributed by atoms with Gasteiger partial charge in [-0.2, -0.15) is 5.10 Å². The zero-order chi connectivity index (χ0) is 24.9. The van der Waals surface area contributed by atoms with Crippen LogP contribution >= 0.6 is 0 Å². The molecule has 0 spiro atoms. The van der Waals surface area contributed by atoms with Crippen LogP contribution in [0.4, 0.5) is 11.4 Å². The van der Waals surface area contributed by atoms with E-state index >= 15 is 0 Å². The molecule has 0 radical (unpaired) electrons. The summed E-state index contributed by atoms with van der Waals surface area (Å²) in [5.74, 6) is 0.114. The van der Waals surface area contributed by atoms with Crippen LogP contribution in [0.3, 0.4) is 0 Å². The summed E-state index contributed by atoms with van der Waals surface area (Å²) >= 11 is 0. The van der Waals surface area contributed by atoms with Gasteiger partial charge in [-0.25, -0.2) is 5.43 Å². The van der Waals surface area contributed by atoms with Crippen molar-refractivity contribution >= 4 is 29.1 Å². The standard InChI is InChI=1S/C25H30N4O5/c1-6-11-28-21-13-23(33-5)18(12-19(21)17(2)14-25(28,3)4)15-26-27-24(30)16-34-22-10-8-7-9-20(22)29(31)32/h7-10,12-15H,6,11,16H2,1-5H3,(H,27,30)/b26-15+. The van der Waals surface area contributed by atoms with E-state index in [0.29, 0.717) is 11.3 Å². The van der Waals surface area contributed by atoms with E-state index in [1.807, 2.05) is 12.1 Å². The quantitative estimate of drug-likeness (QED) is 0.330. The van der Waals surface area contributed by atoms with Crippen molar-refractivity contribution in [3.05, 3.63) is 63.7 Å². The number of ether oxygens (including phenoxy) is 2. The molecular weight excluding hydrogens is 436 g/mol. The molecule has 0 bridgehead atoms. The lowest BCUT2D eigenvalue weighted by Crippen LogP contribution is -2.45. The molecule has 2 aromatic rings. The average molecular weight is 467 g/mol. The summed E-state index contributed by atoms with van der Waals surface area (Å²) in [4.78, 5) is 25.0. The van der Waals surface area contributed by atoms with Crippen LogP contribution in [0.5, 0.6) is 11.5 Å². The maximum absolute atomic E-state index is 12.1. The summed E-state index contributed by atoms with van der Waals surface area (Å²) in [5, 5.41) is 15.1. The van der Waals surface area contributed by atoms with Gasteiger partial charge in [-0.15, -0.1) is 0 Å². The van der Waals surface area contributed by atoms with Crippen LogP contribution in [0.25, 0.3) is 5.57 Å². The molecule has 0 aliphatic carbocycles. The van der Waals surface area contributed by atoms with Gasteiger partial charge in [0.1, 0.15) is 5.75 Å². The second kappa shape index (κ2) is 10.4. The Kier molecular flexibility index (Phi) is 7.55. The lowest BCUT2D eigenvalue weighted by Gasteiger charge is -2.43. The summed E-state index contributed by atoms with van der Waals surface area (Å²) in [6.07, 6.45) is 4.78. The number of fused-ring (bicyclic) bond motifs is 1. The number of rotatable bonds is 9. The minimum atomic E-state index is -0.563. The van der Waals surface area contributed by atoms with Crippen molar-refractivity contribution in [2.45, 2.75) is 39.7 Å². The maximum atomic E-state index is 12.1. The van der Waals surface area contributed by atoms with Gasteiger partial charge in [0.25, 0.3) is 5.91 Å². The first kappa shape index (κ1) is 24.8. The highest BCUT2D eigenvalue weighted by Gasteiger charge is 2.31. The smallest absolute Gasteiger partial charge is 0.310 e. The second-order valence-corrected chi connectivity index (χ2v) is 8.55. The number of nitrogens with zero attached hydrogens (tertiary/aromatic N) is 3. The van der Waals surface area contributed by atoms with E-state index in [1.54, 1.807) is 13.2 Å². The van der Waals surface area contributed by atoms with Crippen molar-refractivity contribution in [1.82, 2.24) is 5.43 Å². The van der Waals surface area contributed by atoms with Crippen molar-refractivity contribution in [1.29, 1.82) is 0 Å². The van der Waals surface area contributed by atoms with Crippen LogP contribution in [0.2, 0.25) is 0 Å². The molecule has 1 N–H and O–H groups in total. The minimum absolute atomic E-state index is 0.0183. The van der Waals surface area contributed by atoms with E-state index in [1.165, 1.54) is 24.4 Å². The number of benzene rings is 2. The molecule has 2 aromatic carbocycles. The van der Waals surface area contributed by atoms with Gasteiger partial charge in [0.05, 0.1) is 23.8 Å². The lowest BCUT2D eigenvalue weighted by atomic mass is 9.87. The Morgan fingerprint density at radius 1 is 1.26 bits per heavy atom. The number of carbonyl (C=O) groups is 1. The molecule has 0 aromatic heterocycles. The number of hydrogen-bond donors (Lipinski definition) is 1. The third-order valence-electron chi connectivity index (χ3n) is 5.59. The predicted molar refractivity (Wildman–Crippen MR) is 133 cm³/mol. The number of carbonyl (C=O) groups excluding carboxylic acids is 1. The third kappa shape index (κ3) is 5.36. The SMILES string of the molecule is CCCN1c2cc(OC)c(/C=N/NC(=O)COc3ccccc3[N+](=O)[O-])cc2C(C)=CC1(C)C. The molecule has 0 unspecified atom stereocenters. The number of para-hydroxylation sites is 2. The fourth-order valence-electron chi connectivity index (χ4n) is 4.11. The molecule has 9 heteroatoms. The number of allylic oxidation sites excluding steroid dienone is 1. The summed E-state index contributed by atoms with van der Waals surface area (Å²) < 4.78 is 10.9. The van der Waals surface area contributed by atoms with Crippen LogP contribution in [0.15, 0.2) is 47.6 Å². The topological polar surface area (TPSA) is 106 Å². The molecule has 1 aliphatic heterocycles. The van der Waals surface area contributed by atoms with Crippen LogP contribution in [-0.4, -0.2) is 42.8 Å². The first-order valence-corrected chi connectivity index (χ1v) is 11.1. The molecule has 0 atom stereocenters. The van der Waals surface area contributed by atoms with E-state index in [-0.39, 0.29) is 17.0 Å². The molecular formula is C25H30N4O5. The number of anilines is 1. The zero-order valence-corrected chi connectivity index (χ0v) is 20.1. The van der Waals surface area contributed by atoms with Gasteiger partial charge in [0.2, 0.25) is 0 Å². The van der Waals surface area contributed by atoms with Gasteiger partial charge in [-0.05, 0) is 44.9 Å². The van der Waals surface area contributed by atoms with E-state index in [9.17, 15) is 14.9 Å². The lowest BCUT2D eigenvalue weighted by molar-refractivity contribution is -0.385. The average Bonchev–Trinajstić information content (AvgIpc) is 2.80. The molecule has 0 saturated heterocycles. The molecule has 1 amide bonds. The number of amides is 1. The first-order valence-electron chi connectivity index (χ1n) is 11.1. The number of nitro benzene ring substituents is 1. The largest absolute Gasteiger partial charge is 0.496 e. The van der Waals surface area contributed by atoms with Crippen molar-refractivity contribution in [3.63, 3.8) is 0 Å². The van der Waals surface area contributed by atoms with E-state index in [0.717, 1.165) is 29.8 Å². The van der Waals surface area contributed by atoms with Gasteiger partial charge in [0.15, 0.2) is 12.4 Å². The fourth-order valence-corrected chi connectivity index (χ4v) is 4.11. The molecule has 34 heavy (non-hydrogen) atoms. The summed E-state index contributed by atoms with van der Waals surface area (Å²) in [5.41, 5.74) is 6.12. The number of nitro groups is 1. The molecule has 180 valence electrons. The van der Waals surface area contributed by atoms with Crippen LogP contribution in [0.1, 0.15) is 45.2 Å². The molecule has 3 rings (SSSR count). The zero-order valence-electron chi connectivity index (χ0n) is 20.1. The number of hydrazone groups is 1. The highest BCUT2D eigenvalue weighted by Crippen LogP contribution is 2.41. The van der Waals surface area contributed by atoms with Gasteiger partial charge in [0, 0.05) is 35.5 Å². The monoisotopic (exact) mass is 466 g/mol. The Morgan fingerprint density at radius 2 is 2.00 bits per heavy atom. The van der Waals surface area contributed by atoms with Crippen LogP contribution in [-0.2, 0) is 4.79 Å². The van der Waals surface area contributed by atoms with Gasteiger partial charge >= 0.3 is 5.69 Å². The first-order chi connectivity index (χ1) is 16.2. The summed E-state index contributed by atoms with van der Waals surface area (Å²) in [6, 6.07) is 9.88. The van der Waals surface area contributed by atoms with Crippen molar-refractivity contribution in [2.75, 3.05) is 25.2 Å².